The summed E-state index contributed by atoms with van der Waals surface area (Å²) in [5.74, 6) is 1.74. The van der Waals surface area contributed by atoms with Crippen molar-refractivity contribution >= 4 is 5.82 Å². The van der Waals surface area contributed by atoms with Crippen LogP contribution in [0.15, 0.2) is 30.3 Å². The molecule has 1 aromatic heterocycles. The monoisotopic (exact) mass is 325 g/mol. The van der Waals surface area contributed by atoms with Gasteiger partial charge < -0.3 is 9.64 Å². The number of anilines is 1. The van der Waals surface area contributed by atoms with E-state index in [1.807, 2.05) is 12.1 Å². The van der Waals surface area contributed by atoms with Gasteiger partial charge in [-0.1, -0.05) is 13.0 Å². The molecule has 0 spiro atoms. The van der Waals surface area contributed by atoms with Gasteiger partial charge in [0.25, 0.3) is 0 Å². The van der Waals surface area contributed by atoms with Crippen LogP contribution in [0.3, 0.4) is 0 Å². The molecule has 1 aliphatic heterocycles. The molecule has 24 heavy (non-hydrogen) atoms. The highest BCUT2D eigenvalue weighted by Gasteiger charge is 2.18. The SMILES string of the molecule is COc1cc(-c2ccc(C#N)c(F)c2)nc(N2CCC(C)CC2)c1. The van der Waals surface area contributed by atoms with E-state index in [0.717, 1.165) is 37.7 Å². The average Bonchev–Trinajstić information content (AvgIpc) is 2.61. The van der Waals surface area contributed by atoms with Crippen LogP contribution in [0.4, 0.5) is 10.2 Å². The van der Waals surface area contributed by atoms with Crippen LogP contribution in [0, 0.1) is 23.1 Å². The maximum absolute atomic E-state index is 13.9. The summed E-state index contributed by atoms with van der Waals surface area (Å²) >= 11 is 0. The van der Waals surface area contributed by atoms with Gasteiger partial charge >= 0.3 is 0 Å². The first-order chi connectivity index (χ1) is 11.6. The van der Waals surface area contributed by atoms with E-state index in [4.69, 9.17) is 15.0 Å². The van der Waals surface area contributed by atoms with E-state index >= 15 is 0 Å². The van der Waals surface area contributed by atoms with Crippen molar-refractivity contribution in [1.29, 1.82) is 5.26 Å². The molecule has 2 heterocycles. The molecule has 1 fully saturated rings. The minimum atomic E-state index is -0.534. The van der Waals surface area contributed by atoms with Crippen LogP contribution in [0.1, 0.15) is 25.3 Å². The third kappa shape index (κ3) is 3.33. The second-order valence-electron chi connectivity index (χ2n) is 6.23. The zero-order valence-corrected chi connectivity index (χ0v) is 13.9. The number of pyridine rings is 1. The maximum atomic E-state index is 13.9. The van der Waals surface area contributed by atoms with Crippen LogP contribution >= 0.6 is 0 Å². The molecule has 5 heteroatoms. The summed E-state index contributed by atoms with van der Waals surface area (Å²) in [7, 11) is 1.61. The van der Waals surface area contributed by atoms with E-state index in [1.54, 1.807) is 19.2 Å². The predicted molar refractivity (Wildman–Crippen MR) is 91.5 cm³/mol. The first-order valence-electron chi connectivity index (χ1n) is 8.11. The largest absolute Gasteiger partial charge is 0.497 e. The normalized spacial score (nSPS) is 15.2. The van der Waals surface area contributed by atoms with E-state index in [9.17, 15) is 4.39 Å². The van der Waals surface area contributed by atoms with Crippen molar-refractivity contribution in [2.24, 2.45) is 5.92 Å². The molecule has 2 aromatic rings. The summed E-state index contributed by atoms with van der Waals surface area (Å²) < 4.78 is 19.3. The molecule has 0 bridgehead atoms. The number of hydrogen-bond donors (Lipinski definition) is 0. The molecule has 1 saturated heterocycles. The lowest BCUT2D eigenvalue weighted by Crippen LogP contribution is -2.33. The number of ether oxygens (including phenoxy) is 1. The molecule has 1 aromatic carbocycles. The van der Waals surface area contributed by atoms with Crippen molar-refractivity contribution in [1.82, 2.24) is 4.98 Å². The van der Waals surface area contributed by atoms with Gasteiger partial charge in [-0.3, -0.25) is 0 Å². The maximum Gasteiger partial charge on any atom is 0.141 e. The van der Waals surface area contributed by atoms with Crippen LogP contribution in [0.5, 0.6) is 5.75 Å². The number of nitriles is 1. The van der Waals surface area contributed by atoms with Crippen molar-refractivity contribution in [3.05, 3.63) is 41.7 Å². The summed E-state index contributed by atoms with van der Waals surface area (Å²) in [6.45, 7) is 4.19. The number of aromatic nitrogens is 1. The minimum absolute atomic E-state index is 0.0342. The van der Waals surface area contributed by atoms with Gasteiger partial charge in [-0.2, -0.15) is 5.26 Å². The van der Waals surface area contributed by atoms with Gasteiger partial charge in [0.05, 0.1) is 18.4 Å². The second kappa shape index (κ2) is 6.88. The standard InChI is InChI=1S/C19H20FN3O/c1-13-5-7-23(8-6-13)19-11-16(24-2)10-18(22-19)14-3-4-15(12-21)17(20)9-14/h3-4,9-11,13H,5-8H2,1-2H3. The third-order valence-corrected chi connectivity index (χ3v) is 4.51. The molecule has 124 valence electrons. The van der Waals surface area contributed by atoms with Crippen LogP contribution in [0.2, 0.25) is 0 Å². The number of nitrogens with zero attached hydrogens (tertiary/aromatic N) is 3. The van der Waals surface area contributed by atoms with Crippen molar-refractivity contribution in [3.63, 3.8) is 0 Å². The fraction of sp³-hybridized carbons (Fsp3) is 0.368. The van der Waals surface area contributed by atoms with Crippen molar-refractivity contribution in [2.75, 3.05) is 25.1 Å². The Morgan fingerprint density at radius 3 is 2.62 bits per heavy atom. The van der Waals surface area contributed by atoms with Gasteiger partial charge in [-0.15, -0.1) is 0 Å². The highest BCUT2D eigenvalue weighted by molar-refractivity contribution is 5.65. The number of rotatable bonds is 3. The fourth-order valence-corrected chi connectivity index (χ4v) is 2.92. The number of methoxy groups -OCH3 is 1. The van der Waals surface area contributed by atoms with Crippen LogP contribution in [-0.4, -0.2) is 25.2 Å². The van der Waals surface area contributed by atoms with E-state index in [2.05, 4.69) is 11.8 Å². The van der Waals surface area contributed by atoms with Crippen molar-refractivity contribution in [2.45, 2.75) is 19.8 Å². The number of halogens is 1. The number of benzene rings is 1. The third-order valence-electron chi connectivity index (χ3n) is 4.51. The van der Waals surface area contributed by atoms with Crippen LogP contribution < -0.4 is 9.64 Å². The van der Waals surface area contributed by atoms with Crippen LogP contribution in [0.25, 0.3) is 11.3 Å². The fourth-order valence-electron chi connectivity index (χ4n) is 2.92. The van der Waals surface area contributed by atoms with Gasteiger partial charge in [0.1, 0.15) is 23.5 Å². The molecule has 0 atom stereocenters. The molecular weight excluding hydrogens is 305 g/mol. The molecular formula is C19H20FN3O. The van der Waals surface area contributed by atoms with E-state index in [0.29, 0.717) is 17.0 Å². The topological polar surface area (TPSA) is 49.1 Å². The van der Waals surface area contributed by atoms with Gasteiger partial charge in [0.15, 0.2) is 0 Å². The Labute approximate surface area is 141 Å². The smallest absolute Gasteiger partial charge is 0.141 e. The Kier molecular flexibility index (Phi) is 4.66. The predicted octanol–water partition coefficient (Wildman–Crippen LogP) is 4.00. The lowest BCUT2D eigenvalue weighted by Gasteiger charge is -2.31. The molecule has 1 aliphatic rings. The first kappa shape index (κ1) is 16.3. The Hall–Kier alpha value is -2.61. The zero-order valence-electron chi connectivity index (χ0n) is 13.9. The molecule has 4 nitrogen and oxygen atoms in total. The molecule has 0 amide bonds. The molecule has 0 saturated carbocycles. The van der Waals surface area contributed by atoms with Gasteiger partial charge in [-0.05, 0) is 30.9 Å². The van der Waals surface area contributed by atoms with Crippen molar-refractivity contribution < 1.29 is 9.13 Å². The summed E-state index contributed by atoms with van der Waals surface area (Å²) in [4.78, 5) is 6.94. The summed E-state index contributed by atoms with van der Waals surface area (Å²) in [5, 5.41) is 8.87. The molecule has 0 aliphatic carbocycles. The van der Waals surface area contributed by atoms with E-state index in [1.165, 1.54) is 12.1 Å². The van der Waals surface area contributed by atoms with Gasteiger partial charge in [-0.25, -0.2) is 9.37 Å². The number of piperidine rings is 1. The quantitative estimate of drug-likeness (QED) is 0.856. The molecule has 0 radical (unpaired) electrons. The van der Waals surface area contributed by atoms with Gasteiger partial charge in [0.2, 0.25) is 0 Å². The Morgan fingerprint density at radius 1 is 1.25 bits per heavy atom. The molecule has 3 rings (SSSR count). The van der Waals surface area contributed by atoms with E-state index in [-0.39, 0.29) is 5.56 Å². The highest BCUT2D eigenvalue weighted by atomic mass is 19.1. The second-order valence-corrected chi connectivity index (χ2v) is 6.23. The average molecular weight is 325 g/mol. The Bertz CT molecular complexity index is 777. The first-order valence-corrected chi connectivity index (χ1v) is 8.11. The highest BCUT2D eigenvalue weighted by Crippen LogP contribution is 2.30. The van der Waals surface area contributed by atoms with E-state index < -0.39 is 5.82 Å². The Morgan fingerprint density at radius 2 is 2.00 bits per heavy atom. The molecule has 0 N–H and O–H groups in total. The van der Waals surface area contributed by atoms with Gasteiger partial charge in [0, 0.05) is 30.8 Å². The zero-order chi connectivity index (χ0) is 17.1. The lowest BCUT2D eigenvalue weighted by atomic mass is 9.99. The lowest BCUT2D eigenvalue weighted by molar-refractivity contribution is 0.412. The number of hydrogen-bond acceptors (Lipinski definition) is 4. The summed E-state index contributed by atoms with van der Waals surface area (Å²) in [5.41, 5.74) is 1.32. The van der Waals surface area contributed by atoms with Crippen LogP contribution in [-0.2, 0) is 0 Å². The minimum Gasteiger partial charge on any atom is -0.497 e. The summed E-state index contributed by atoms with van der Waals surface area (Å²) in [6, 6.07) is 10.1. The van der Waals surface area contributed by atoms with Crippen molar-refractivity contribution in [3.8, 4) is 23.1 Å². The Balaban J connectivity index is 1.98. The molecule has 0 unspecified atom stereocenters. The summed E-state index contributed by atoms with van der Waals surface area (Å²) in [6.07, 6.45) is 2.28.